The van der Waals surface area contributed by atoms with Crippen molar-refractivity contribution in [3.63, 3.8) is 0 Å². The number of carbonyl (C=O) groups is 2. The number of nitrogens with zero attached hydrogens (tertiary/aromatic N) is 1. The minimum atomic E-state index is -0.554. The number of thiophene rings is 1. The predicted octanol–water partition coefficient (Wildman–Crippen LogP) is 2.78. The molecular formula is C16H15N3O2S. The molecule has 22 heavy (non-hydrogen) atoms. The van der Waals surface area contributed by atoms with Gasteiger partial charge in [-0.3, -0.25) is 9.59 Å². The molecule has 0 atom stereocenters. The van der Waals surface area contributed by atoms with Crippen LogP contribution in [0.1, 0.15) is 36.7 Å². The zero-order valence-electron chi connectivity index (χ0n) is 12.3. The summed E-state index contributed by atoms with van der Waals surface area (Å²) in [6, 6.07) is 8.82. The van der Waals surface area contributed by atoms with Crippen molar-refractivity contribution in [1.29, 1.82) is 5.26 Å². The molecule has 2 aromatic rings. The maximum Gasteiger partial charge on any atom is 0.256 e. The number of aryl methyl sites for hydroxylation is 1. The minimum absolute atomic E-state index is 0.303. The number of nitrogens with two attached hydrogens (primary N) is 1. The lowest BCUT2D eigenvalue weighted by Gasteiger charge is -2.05. The standard InChI is InChI=1S/C16H15N3O2S/c1-9-10(2)22-16(13(9)14(18)20)19-15(21)12-5-3-11(4-6-12)7-8-17/h3-6H,7H2,1-2H3,(H2,18,20)(H,19,21). The van der Waals surface area contributed by atoms with Gasteiger partial charge in [0.25, 0.3) is 11.8 Å². The Morgan fingerprint density at radius 3 is 2.45 bits per heavy atom. The van der Waals surface area contributed by atoms with Crippen LogP contribution in [0, 0.1) is 25.2 Å². The van der Waals surface area contributed by atoms with E-state index in [4.69, 9.17) is 11.0 Å². The molecule has 3 N–H and O–H groups in total. The number of rotatable bonds is 4. The van der Waals surface area contributed by atoms with Gasteiger partial charge in [0, 0.05) is 10.4 Å². The fourth-order valence-electron chi connectivity index (χ4n) is 2.05. The smallest absolute Gasteiger partial charge is 0.256 e. The molecule has 1 heterocycles. The van der Waals surface area contributed by atoms with Gasteiger partial charge in [0.2, 0.25) is 0 Å². The van der Waals surface area contributed by atoms with Gasteiger partial charge in [-0.25, -0.2) is 0 Å². The van der Waals surface area contributed by atoms with E-state index in [-0.39, 0.29) is 5.91 Å². The Morgan fingerprint density at radius 2 is 1.91 bits per heavy atom. The second-order valence-corrected chi connectivity index (χ2v) is 6.06. The first-order chi connectivity index (χ1) is 10.4. The van der Waals surface area contributed by atoms with Gasteiger partial charge < -0.3 is 11.1 Å². The topological polar surface area (TPSA) is 96.0 Å². The van der Waals surface area contributed by atoms with Gasteiger partial charge in [0.1, 0.15) is 5.00 Å². The molecule has 0 aliphatic carbocycles. The molecule has 0 spiro atoms. The van der Waals surface area contributed by atoms with E-state index in [0.717, 1.165) is 16.0 Å². The lowest BCUT2D eigenvalue weighted by Crippen LogP contribution is -2.17. The summed E-state index contributed by atoms with van der Waals surface area (Å²) in [6.07, 6.45) is 0.303. The summed E-state index contributed by atoms with van der Waals surface area (Å²) in [5.74, 6) is -0.867. The summed E-state index contributed by atoms with van der Waals surface area (Å²) in [5, 5.41) is 11.8. The number of anilines is 1. The number of hydrogen-bond acceptors (Lipinski definition) is 4. The molecule has 0 saturated carbocycles. The van der Waals surface area contributed by atoms with Crippen molar-refractivity contribution in [3.8, 4) is 6.07 Å². The molecule has 6 heteroatoms. The Hall–Kier alpha value is -2.65. The molecule has 0 fully saturated rings. The zero-order valence-corrected chi connectivity index (χ0v) is 13.1. The third-order valence-electron chi connectivity index (χ3n) is 3.36. The fraction of sp³-hybridized carbons (Fsp3) is 0.188. The van der Waals surface area contributed by atoms with E-state index in [0.29, 0.717) is 22.5 Å². The van der Waals surface area contributed by atoms with Crippen LogP contribution in [0.5, 0.6) is 0 Å². The van der Waals surface area contributed by atoms with E-state index in [9.17, 15) is 9.59 Å². The van der Waals surface area contributed by atoms with Gasteiger partial charge in [-0.2, -0.15) is 5.26 Å². The number of primary amides is 1. The second-order valence-electron chi connectivity index (χ2n) is 4.84. The average Bonchev–Trinajstić information content (AvgIpc) is 2.74. The molecule has 0 aliphatic rings. The molecule has 2 amide bonds. The van der Waals surface area contributed by atoms with Crippen molar-refractivity contribution in [3.05, 3.63) is 51.4 Å². The maximum atomic E-state index is 12.3. The van der Waals surface area contributed by atoms with Crippen molar-refractivity contribution in [1.82, 2.24) is 0 Å². The molecular weight excluding hydrogens is 298 g/mol. The van der Waals surface area contributed by atoms with Crippen LogP contribution in [0.25, 0.3) is 0 Å². The highest BCUT2D eigenvalue weighted by Gasteiger charge is 2.19. The van der Waals surface area contributed by atoms with Crippen LogP contribution in [-0.2, 0) is 6.42 Å². The fourth-order valence-corrected chi connectivity index (χ4v) is 3.11. The highest BCUT2D eigenvalue weighted by atomic mass is 32.1. The van der Waals surface area contributed by atoms with Crippen molar-refractivity contribution in [2.75, 3.05) is 5.32 Å². The normalized spacial score (nSPS) is 10.0. The number of benzene rings is 1. The molecule has 0 unspecified atom stereocenters. The van der Waals surface area contributed by atoms with Crippen molar-refractivity contribution in [2.45, 2.75) is 20.3 Å². The van der Waals surface area contributed by atoms with Crippen LogP contribution in [0.3, 0.4) is 0 Å². The van der Waals surface area contributed by atoms with Gasteiger partial charge in [-0.1, -0.05) is 12.1 Å². The minimum Gasteiger partial charge on any atom is -0.365 e. The highest BCUT2D eigenvalue weighted by molar-refractivity contribution is 7.16. The van der Waals surface area contributed by atoms with Crippen LogP contribution >= 0.6 is 11.3 Å². The first-order valence-electron chi connectivity index (χ1n) is 6.61. The van der Waals surface area contributed by atoms with Crippen LogP contribution in [-0.4, -0.2) is 11.8 Å². The van der Waals surface area contributed by atoms with Crippen molar-refractivity contribution in [2.24, 2.45) is 5.73 Å². The van der Waals surface area contributed by atoms with E-state index in [1.165, 1.54) is 11.3 Å². The number of nitriles is 1. The number of hydrogen-bond donors (Lipinski definition) is 2. The Balaban J connectivity index is 2.24. The van der Waals surface area contributed by atoms with E-state index in [1.807, 2.05) is 6.92 Å². The molecule has 2 rings (SSSR count). The van der Waals surface area contributed by atoms with E-state index in [1.54, 1.807) is 31.2 Å². The number of carbonyl (C=O) groups excluding carboxylic acids is 2. The zero-order chi connectivity index (χ0) is 16.3. The lowest BCUT2D eigenvalue weighted by molar-refractivity contribution is 0.100. The molecule has 1 aromatic carbocycles. The average molecular weight is 313 g/mol. The molecule has 0 bridgehead atoms. The third-order valence-corrected chi connectivity index (χ3v) is 4.48. The highest BCUT2D eigenvalue weighted by Crippen LogP contribution is 2.32. The monoisotopic (exact) mass is 313 g/mol. The number of nitrogens with one attached hydrogen (secondary N) is 1. The summed E-state index contributed by atoms with van der Waals surface area (Å²) in [4.78, 5) is 24.7. The summed E-state index contributed by atoms with van der Waals surface area (Å²) < 4.78 is 0. The van der Waals surface area contributed by atoms with E-state index < -0.39 is 5.91 Å². The van der Waals surface area contributed by atoms with E-state index in [2.05, 4.69) is 11.4 Å². The van der Waals surface area contributed by atoms with Gasteiger partial charge in [0.15, 0.2) is 0 Å². The molecule has 0 aliphatic heterocycles. The summed E-state index contributed by atoms with van der Waals surface area (Å²) in [7, 11) is 0. The lowest BCUT2D eigenvalue weighted by atomic mass is 10.1. The molecule has 0 radical (unpaired) electrons. The van der Waals surface area contributed by atoms with Crippen molar-refractivity contribution < 1.29 is 9.59 Å². The quantitative estimate of drug-likeness (QED) is 0.908. The SMILES string of the molecule is Cc1sc(NC(=O)c2ccc(CC#N)cc2)c(C(N)=O)c1C. The molecule has 112 valence electrons. The van der Waals surface area contributed by atoms with Crippen LogP contribution in [0.15, 0.2) is 24.3 Å². The summed E-state index contributed by atoms with van der Waals surface area (Å²) >= 11 is 1.33. The third kappa shape index (κ3) is 3.15. The first kappa shape index (κ1) is 15.7. The summed E-state index contributed by atoms with van der Waals surface area (Å²) in [6.45, 7) is 3.68. The first-order valence-corrected chi connectivity index (χ1v) is 7.42. The van der Waals surface area contributed by atoms with Crippen LogP contribution < -0.4 is 11.1 Å². The second kappa shape index (κ2) is 6.41. The molecule has 0 saturated heterocycles. The number of amides is 2. The van der Waals surface area contributed by atoms with Gasteiger partial charge in [-0.15, -0.1) is 11.3 Å². The predicted molar refractivity (Wildman–Crippen MR) is 86.0 cm³/mol. The Morgan fingerprint density at radius 1 is 1.27 bits per heavy atom. The Labute approximate surface area is 132 Å². The largest absolute Gasteiger partial charge is 0.365 e. The Bertz CT molecular complexity index is 770. The van der Waals surface area contributed by atoms with Crippen molar-refractivity contribution >= 4 is 28.2 Å². The van der Waals surface area contributed by atoms with Crippen LogP contribution in [0.2, 0.25) is 0 Å². The van der Waals surface area contributed by atoms with Gasteiger partial charge >= 0.3 is 0 Å². The molecule has 5 nitrogen and oxygen atoms in total. The van der Waals surface area contributed by atoms with Gasteiger partial charge in [-0.05, 0) is 37.1 Å². The molecule has 1 aromatic heterocycles. The Kier molecular flexibility index (Phi) is 4.59. The van der Waals surface area contributed by atoms with E-state index >= 15 is 0 Å². The summed E-state index contributed by atoms with van der Waals surface area (Å²) in [5.41, 5.74) is 7.84. The van der Waals surface area contributed by atoms with Crippen LogP contribution in [0.4, 0.5) is 5.00 Å². The van der Waals surface area contributed by atoms with Gasteiger partial charge in [0.05, 0.1) is 18.1 Å². The maximum absolute atomic E-state index is 12.3.